The van der Waals surface area contributed by atoms with Crippen LogP contribution in [-0.4, -0.2) is 23.9 Å². The first-order valence-electron chi connectivity index (χ1n) is 4.45. The van der Waals surface area contributed by atoms with Crippen molar-refractivity contribution in [3.63, 3.8) is 0 Å². The third-order valence-electron chi connectivity index (χ3n) is 3.33. The van der Waals surface area contributed by atoms with Crippen molar-refractivity contribution >= 4 is 10.0 Å². The standard InChI is InChI=1S/C8H17NO3S/c1-7(10)5-3-4-6-8(7,2)13(9,11)12/h10H,3-6H2,1-2H3,(H2,9,11,12)/t7-,8-/m0/s1. The van der Waals surface area contributed by atoms with Crippen molar-refractivity contribution in [3.05, 3.63) is 0 Å². The number of hydrogen-bond acceptors (Lipinski definition) is 3. The van der Waals surface area contributed by atoms with Gasteiger partial charge in [0.2, 0.25) is 10.0 Å². The first-order chi connectivity index (χ1) is 5.71. The maximum absolute atomic E-state index is 11.3. The molecular weight excluding hydrogens is 190 g/mol. The minimum atomic E-state index is -3.68. The minimum absolute atomic E-state index is 0.443. The quantitative estimate of drug-likeness (QED) is 0.651. The summed E-state index contributed by atoms with van der Waals surface area (Å²) in [6.07, 6.45) is 2.61. The lowest BCUT2D eigenvalue weighted by Crippen LogP contribution is -2.59. The highest BCUT2D eigenvalue weighted by molar-refractivity contribution is 7.90. The van der Waals surface area contributed by atoms with Crippen molar-refractivity contribution in [1.29, 1.82) is 0 Å². The van der Waals surface area contributed by atoms with E-state index in [0.717, 1.165) is 12.8 Å². The van der Waals surface area contributed by atoms with Crippen molar-refractivity contribution in [2.24, 2.45) is 5.14 Å². The second kappa shape index (κ2) is 2.93. The second-order valence-electron chi connectivity index (χ2n) is 4.26. The number of rotatable bonds is 1. The maximum atomic E-state index is 11.3. The number of nitrogens with two attached hydrogens (primary N) is 1. The molecule has 1 saturated carbocycles. The molecule has 13 heavy (non-hydrogen) atoms. The van der Waals surface area contributed by atoms with Crippen LogP contribution in [0.25, 0.3) is 0 Å². The summed E-state index contributed by atoms with van der Waals surface area (Å²) in [5.74, 6) is 0. The van der Waals surface area contributed by atoms with E-state index in [1.807, 2.05) is 0 Å². The number of aliphatic hydroxyl groups is 1. The molecule has 2 atom stereocenters. The highest BCUT2D eigenvalue weighted by atomic mass is 32.2. The molecule has 0 radical (unpaired) electrons. The van der Waals surface area contributed by atoms with E-state index >= 15 is 0 Å². The Kier molecular flexibility index (Phi) is 2.47. The summed E-state index contributed by atoms with van der Waals surface area (Å²) < 4.78 is 21.5. The fourth-order valence-corrected chi connectivity index (χ4v) is 3.06. The minimum Gasteiger partial charge on any atom is -0.388 e. The summed E-state index contributed by atoms with van der Waals surface area (Å²) in [7, 11) is -3.68. The van der Waals surface area contributed by atoms with Crippen molar-refractivity contribution in [1.82, 2.24) is 0 Å². The highest BCUT2D eigenvalue weighted by Gasteiger charge is 2.52. The average Bonchev–Trinajstić information content (AvgIpc) is 1.93. The van der Waals surface area contributed by atoms with Crippen molar-refractivity contribution in [3.8, 4) is 0 Å². The Hall–Kier alpha value is -0.130. The van der Waals surface area contributed by atoms with Crippen LogP contribution in [0, 0.1) is 0 Å². The van der Waals surface area contributed by atoms with Crippen molar-refractivity contribution in [2.45, 2.75) is 49.9 Å². The Morgan fingerprint density at radius 1 is 1.23 bits per heavy atom. The lowest BCUT2D eigenvalue weighted by molar-refractivity contribution is -0.00984. The van der Waals surface area contributed by atoms with Crippen LogP contribution < -0.4 is 5.14 Å². The van der Waals surface area contributed by atoms with E-state index in [4.69, 9.17) is 5.14 Å². The van der Waals surface area contributed by atoms with E-state index in [-0.39, 0.29) is 0 Å². The normalized spacial score (nSPS) is 41.8. The molecule has 0 unspecified atom stereocenters. The summed E-state index contributed by atoms with van der Waals surface area (Å²) in [5, 5.41) is 15.1. The van der Waals surface area contributed by atoms with Gasteiger partial charge in [0.15, 0.2) is 0 Å². The Bertz CT molecular complexity index is 297. The smallest absolute Gasteiger partial charge is 0.217 e. The number of hydrogen-bond donors (Lipinski definition) is 2. The Morgan fingerprint density at radius 2 is 1.69 bits per heavy atom. The van der Waals surface area contributed by atoms with Crippen LogP contribution in [0.15, 0.2) is 0 Å². The molecule has 3 N–H and O–H groups in total. The van der Waals surface area contributed by atoms with Gasteiger partial charge in [0.25, 0.3) is 0 Å². The first-order valence-corrected chi connectivity index (χ1v) is 6.00. The molecule has 0 spiro atoms. The van der Waals surface area contributed by atoms with Crippen LogP contribution in [0.3, 0.4) is 0 Å². The van der Waals surface area contributed by atoms with Gasteiger partial charge in [-0.3, -0.25) is 0 Å². The molecule has 1 fully saturated rings. The molecule has 0 heterocycles. The molecule has 4 nitrogen and oxygen atoms in total. The predicted molar refractivity (Wildman–Crippen MR) is 50.6 cm³/mol. The fourth-order valence-electron chi connectivity index (χ4n) is 1.91. The van der Waals surface area contributed by atoms with Crippen LogP contribution in [0.1, 0.15) is 39.5 Å². The molecule has 0 bridgehead atoms. The van der Waals surface area contributed by atoms with Gasteiger partial charge < -0.3 is 5.11 Å². The summed E-state index contributed by atoms with van der Waals surface area (Å²) in [6.45, 7) is 3.08. The van der Waals surface area contributed by atoms with E-state index in [9.17, 15) is 13.5 Å². The van der Waals surface area contributed by atoms with E-state index in [0.29, 0.717) is 12.8 Å². The topological polar surface area (TPSA) is 80.4 Å². The molecule has 1 aliphatic rings. The third-order valence-corrected chi connectivity index (χ3v) is 5.23. The Balaban J connectivity index is 3.13. The molecule has 0 aliphatic heterocycles. The molecule has 0 aromatic rings. The van der Waals surface area contributed by atoms with Gasteiger partial charge in [-0.1, -0.05) is 12.8 Å². The zero-order valence-corrected chi connectivity index (χ0v) is 8.89. The number of primary sulfonamides is 1. The van der Waals surface area contributed by atoms with Gasteiger partial charge in [0.05, 0.1) is 5.60 Å². The van der Waals surface area contributed by atoms with Crippen molar-refractivity contribution < 1.29 is 13.5 Å². The summed E-state index contributed by atoms with van der Waals surface area (Å²) in [4.78, 5) is 0. The number of sulfonamides is 1. The molecule has 1 rings (SSSR count). The summed E-state index contributed by atoms with van der Waals surface area (Å²) >= 11 is 0. The van der Waals surface area contributed by atoms with Gasteiger partial charge in [-0.2, -0.15) is 0 Å². The SMILES string of the molecule is C[C@]1(O)CCCC[C@]1(C)S(N)(=O)=O. The Morgan fingerprint density at radius 3 is 2.00 bits per heavy atom. The second-order valence-corrected chi connectivity index (χ2v) is 6.25. The first kappa shape index (κ1) is 10.9. The molecule has 1 aliphatic carbocycles. The lowest BCUT2D eigenvalue weighted by Gasteiger charge is -2.44. The largest absolute Gasteiger partial charge is 0.388 e. The summed E-state index contributed by atoms with van der Waals surface area (Å²) in [6, 6.07) is 0. The van der Waals surface area contributed by atoms with E-state index in [2.05, 4.69) is 0 Å². The van der Waals surface area contributed by atoms with Crippen molar-refractivity contribution in [2.75, 3.05) is 0 Å². The zero-order chi connectivity index (χ0) is 10.3. The molecule has 78 valence electrons. The lowest BCUT2D eigenvalue weighted by atomic mass is 9.77. The monoisotopic (exact) mass is 207 g/mol. The Labute approximate surface area is 79.2 Å². The van der Waals surface area contributed by atoms with E-state index in [1.54, 1.807) is 6.92 Å². The molecule has 0 aromatic carbocycles. The van der Waals surface area contributed by atoms with Crippen LogP contribution in [-0.2, 0) is 10.0 Å². The summed E-state index contributed by atoms with van der Waals surface area (Å²) in [5.41, 5.74) is -1.20. The molecular formula is C8H17NO3S. The predicted octanol–water partition coefficient (Wildman–Crippen LogP) is 0.359. The van der Waals surface area contributed by atoms with Crippen LogP contribution in [0.4, 0.5) is 0 Å². The van der Waals surface area contributed by atoms with Gasteiger partial charge in [-0.05, 0) is 26.7 Å². The van der Waals surface area contributed by atoms with Gasteiger partial charge in [-0.25, -0.2) is 13.6 Å². The van der Waals surface area contributed by atoms with Gasteiger partial charge >= 0.3 is 0 Å². The van der Waals surface area contributed by atoms with E-state index < -0.39 is 20.4 Å². The molecule has 0 aromatic heterocycles. The molecule has 0 saturated heterocycles. The van der Waals surface area contributed by atoms with Crippen LogP contribution in [0.5, 0.6) is 0 Å². The van der Waals surface area contributed by atoms with Gasteiger partial charge in [0.1, 0.15) is 4.75 Å². The van der Waals surface area contributed by atoms with Gasteiger partial charge in [0, 0.05) is 0 Å². The average molecular weight is 207 g/mol. The zero-order valence-electron chi connectivity index (χ0n) is 8.08. The van der Waals surface area contributed by atoms with Crippen LogP contribution in [0.2, 0.25) is 0 Å². The third kappa shape index (κ3) is 1.60. The fraction of sp³-hybridized carbons (Fsp3) is 1.00. The van der Waals surface area contributed by atoms with E-state index in [1.165, 1.54) is 6.92 Å². The van der Waals surface area contributed by atoms with Crippen LogP contribution >= 0.6 is 0 Å². The highest BCUT2D eigenvalue weighted by Crippen LogP contribution is 2.41. The molecule has 0 amide bonds. The van der Waals surface area contributed by atoms with Gasteiger partial charge in [-0.15, -0.1) is 0 Å². The molecule has 5 heteroatoms. The maximum Gasteiger partial charge on any atom is 0.217 e.